The zero-order valence-electron chi connectivity index (χ0n) is 22.1. The monoisotopic (exact) mass is 537 g/mol. The highest BCUT2D eigenvalue weighted by molar-refractivity contribution is 6.17. The summed E-state index contributed by atoms with van der Waals surface area (Å²) >= 11 is 0. The summed E-state index contributed by atoms with van der Waals surface area (Å²) in [7, 11) is 1.27. The maximum atomic E-state index is 14.9. The van der Waals surface area contributed by atoms with Crippen LogP contribution >= 0.6 is 0 Å². The van der Waals surface area contributed by atoms with Crippen molar-refractivity contribution < 1.29 is 32.5 Å². The predicted molar refractivity (Wildman–Crippen MR) is 140 cm³/mol. The van der Waals surface area contributed by atoms with Crippen molar-refractivity contribution in [1.29, 1.82) is 0 Å². The molecule has 39 heavy (non-hydrogen) atoms. The Kier molecular flexibility index (Phi) is 8.03. The number of hydrogen-bond acceptors (Lipinski definition) is 4. The summed E-state index contributed by atoms with van der Waals surface area (Å²) in [5.41, 5.74) is 1.76. The number of rotatable bonds is 7. The maximum absolute atomic E-state index is 14.9. The third-order valence-corrected chi connectivity index (χ3v) is 7.00. The molecule has 2 heterocycles. The van der Waals surface area contributed by atoms with Crippen LogP contribution < -0.4 is 5.32 Å². The second kappa shape index (κ2) is 11.3. The van der Waals surface area contributed by atoms with Gasteiger partial charge in [0.2, 0.25) is 5.91 Å². The van der Waals surface area contributed by atoms with Gasteiger partial charge in [0, 0.05) is 6.42 Å². The Morgan fingerprint density at radius 3 is 2.46 bits per heavy atom. The van der Waals surface area contributed by atoms with Crippen LogP contribution in [0.1, 0.15) is 48.9 Å². The van der Waals surface area contributed by atoms with Crippen molar-refractivity contribution in [3.05, 3.63) is 83.2 Å². The molecule has 0 saturated carbocycles. The quantitative estimate of drug-likeness (QED) is 0.434. The van der Waals surface area contributed by atoms with Crippen molar-refractivity contribution in [2.75, 3.05) is 20.1 Å². The number of likely N-dealkylation sites (tertiary alicyclic amines) is 1. The van der Waals surface area contributed by atoms with Crippen molar-refractivity contribution in [2.45, 2.75) is 44.4 Å². The number of nitrogens with zero attached hydrogens (tertiary/aromatic N) is 3. The van der Waals surface area contributed by atoms with Crippen molar-refractivity contribution in [3.63, 3.8) is 0 Å². The molecule has 1 fully saturated rings. The molecule has 0 aromatic heterocycles. The van der Waals surface area contributed by atoms with E-state index in [9.17, 15) is 28.0 Å². The number of halogens is 2. The molecule has 2 aromatic rings. The fourth-order valence-electron chi connectivity index (χ4n) is 4.89. The molecule has 204 valence electrons. The molecule has 2 aliphatic heterocycles. The van der Waals surface area contributed by atoms with Crippen LogP contribution in [0.4, 0.5) is 13.6 Å². The van der Waals surface area contributed by atoms with Crippen LogP contribution in [-0.2, 0) is 14.4 Å². The van der Waals surface area contributed by atoms with Gasteiger partial charge in [0.1, 0.15) is 24.2 Å². The van der Waals surface area contributed by atoms with Gasteiger partial charge < -0.3 is 10.2 Å². The van der Waals surface area contributed by atoms with Crippen molar-refractivity contribution in [2.24, 2.45) is 0 Å². The molecule has 2 aromatic carbocycles. The summed E-state index contributed by atoms with van der Waals surface area (Å²) in [6.07, 6.45) is -0.493. The van der Waals surface area contributed by atoms with Gasteiger partial charge in [-0.3, -0.25) is 9.59 Å². The number of imide groups is 1. The first-order valence-corrected chi connectivity index (χ1v) is 12.7. The second-order valence-electron chi connectivity index (χ2n) is 10.1. The van der Waals surface area contributed by atoms with E-state index in [4.69, 9.17) is 0 Å². The normalized spacial score (nSPS) is 20.4. The summed E-state index contributed by atoms with van der Waals surface area (Å²) in [4.78, 5) is 53.0. The third kappa shape index (κ3) is 5.79. The Balaban J connectivity index is 1.58. The smallest absolute Gasteiger partial charge is 0.343 e. The summed E-state index contributed by atoms with van der Waals surface area (Å²) in [5.74, 6) is -2.26. The summed E-state index contributed by atoms with van der Waals surface area (Å²) < 4.78 is 30.5. The number of carbonyl (C=O) groups excluding carboxylic acids is 4. The first-order valence-electron chi connectivity index (χ1n) is 12.7. The van der Waals surface area contributed by atoms with E-state index in [0.29, 0.717) is 16.7 Å². The number of alkyl halides is 1. The molecule has 1 N–H and O–H groups in total. The molecule has 0 spiro atoms. The van der Waals surface area contributed by atoms with Crippen molar-refractivity contribution in [3.8, 4) is 0 Å². The highest BCUT2D eigenvalue weighted by Gasteiger charge is 2.43. The average Bonchev–Trinajstić information content (AvgIpc) is 3.31. The Morgan fingerprint density at radius 1 is 1.13 bits per heavy atom. The van der Waals surface area contributed by atoms with Gasteiger partial charge in [-0.1, -0.05) is 62.9 Å². The molecule has 10 heteroatoms. The number of likely N-dealkylation sites (N-methyl/N-ethyl adjacent to an activating group) is 1. The van der Waals surface area contributed by atoms with Gasteiger partial charge in [0.05, 0.1) is 25.2 Å². The topological polar surface area (TPSA) is 89.8 Å². The molecule has 5 amide bonds. The summed E-state index contributed by atoms with van der Waals surface area (Å²) in [5, 5.41) is 2.88. The Hall–Kier alpha value is -4.21. The first-order chi connectivity index (χ1) is 18.5. The molecule has 0 unspecified atom stereocenters. The molecular formula is C29H31F2N4O4+. The lowest BCUT2D eigenvalue weighted by atomic mass is 9.94. The van der Waals surface area contributed by atoms with E-state index in [-0.39, 0.29) is 24.5 Å². The second-order valence-corrected chi connectivity index (χ2v) is 10.1. The van der Waals surface area contributed by atoms with Crippen LogP contribution in [0.15, 0.2) is 60.7 Å². The fourth-order valence-corrected chi connectivity index (χ4v) is 4.89. The van der Waals surface area contributed by atoms with Crippen molar-refractivity contribution in [1.82, 2.24) is 15.1 Å². The van der Waals surface area contributed by atoms with E-state index in [2.05, 4.69) is 11.9 Å². The Morgan fingerprint density at radius 2 is 1.82 bits per heavy atom. The van der Waals surface area contributed by atoms with Gasteiger partial charge in [0.15, 0.2) is 6.54 Å². The predicted octanol–water partition coefficient (Wildman–Crippen LogP) is 3.33. The Labute approximate surface area is 225 Å². The largest absolute Gasteiger partial charge is 0.501 e. The van der Waals surface area contributed by atoms with E-state index >= 15 is 0 Å². The number of carbonyl (C=O) groups is 4. The molecule has 0 aliphatic carbocycles. The minimum absolute atomic E-state index is 0.0189. The molecule has 0 bridgehead atoms. The summed E-state index contributed by atoms with van der Waals surface area (Å²) in [6.45, 7) is 6.55. The molecule has 2 aliphatic rings. The number of hydrogen-bond donors (Lipinski definition) is 1. The van der Waals surface area contributed by atoms with Crippen LogP contribution in [0.3, 0.4) is 0 Å². The van der Waals surface area contributed by atoms with Gasteiger partial charge in [-0.15, -0.1) is 0 Å². The van der Waals surface area contributed by atoms with Crippen LogP contribution in [0, 0.1) is 5.82 Å². The van der Waals surface area contributed by atoms with E-state index in [1.165, 1.54) is 19.3 Å². The minimum Gasteiger partial charge on any atom is -0.343 e. The van der Waals surface area contributed by atoms with Gasteiger partial charge in [0.25, 0.3) is 5.91 Å². The number of urea groups is 1. The standard InChI is InChI=1S/C29H30F2N4O4/c1-17(2)22-11-10-20(12-23(22)31)26(19-8-6-5-7-9-19)32-27(37)24-13-21(30)15-35(24)25(36)16-34-14-18(3)28(38)33(4)29(34)39/h5-12,14,17,21,24,26H,3,13,15-16H2,1-2,4H3/p+1/t21-,24+,26+/m1/s1. The van der Waals surface area contributed by atoms with E-state index in [1.54, 1.807) is 36.4 Å². The Bertz CT molecular complexity index is 1360. The van der Waals surface area contributed by atoms with Gasteiger partial charge in [-0.05, 0) is 28.7 Å². The third-order valence-electron chi connectivity index (χ3n) is 7.00. The molecule has 0 radical (unpaired) electrons. The van der Waals surface area contributed by atoms with Gasteiger partial charge >= 0.3 is 11.9 Å². The zero-order valence-corrected chi connectivity index (χ0v) is 22.1. The van der Waals surface area contributed by atoms with Crippen LogP contribution in [0.25, 0.3) is 0 Å². The lowest BCUT2D eigenvalue weighted by molar-refractivity contribution is -0.421. The highest BCUT2D eigenvalue weighted by atomic mass is 19.1. The zero-order chi connectivity index (χ0) is 28.4. The number of amides is 5. The SMILES string of the molecule is C=C1C=[N+](CC(=O)N2C[C@H](F)C[C@H]2C(=O)N[C@@H](c2ccccc2)c2ccc(C(C)C)c(F)c2)C(=O)N(C)C1=O. The van der Waals surface area contributed by atoms with E-state index < -0.39 is 54.4 Å². The number of nitrogens with one attached hydrogen (secondary N) is 1. The van der Waals surface area contributed by atoms with Gasteiger partial charge in [-0.2, -0.15) is 14.3 Å². The maximum Gasteiger partial charge on any atom is 0.501 e. The average molecular weight is 538 g/mol. The first kappa shape index (κ1) is 27.8. The lowest BCUT2D eigenvalue weighted by Gasteiger charge is -2.27. The van der Waals surface area contributed by atoms with Crippen LogP contribution in [0.5, 0.6) is 0 Å². The number of benzene rings is 2. The van der Waals surface area contributed by atoms with E-state index in [1.807, 2.05) is 19.9 Å². The van der Waals surface area contributed by atoms with Crippen LogP contribution in [0.2, 0.25) is 0 Å². The molecule has 1 saturated heterocycles. The lowest BCUT2D eigenvalue weighted by Crippen LogP contribution is -2.52. The van der Waals surface area contributed by atoms with Crippen LogP contribution in [-0.4, -0.2) is 76.7 Å². The highest BCUT2D eigenvalue weighted by Crippen LogP contribution is 2.28. The minimum atomic E-state index is -1.44. The molecule has 4 rings (SSSR count). The molecule has 8 nitrogen and oxygen atoms in total. The fraction of sp³-hybridized carbons (Fsp3) is 0.345. The molecule has 3 atom stereocenters. The van der Waals surface area contributed by atoms with E-state index in [0.717, 1.165) is 14.4 Å². The summed E-state index contributed by atoms with van der Waals surface area (Å²) in [6, 6.07) is 11.2. The van der Waals surface area contributed by atoms with Crippen molar-refractivity contribution >= 4 is 30.0 Å². The van der Waals surface area contributed by atoms with Gasteiger partial charge in [-0.25, -0.2) is 13.6 Å². The molecular weight excluding hydrogens is 506 g/mol.